The number of aromatic nitrogens is 2. The van der Waals surface area contributed by atoms with E-state index in [2.05, 4.69) is 26.3 Å². The van der Waals surface area contributed by atoms with Crippen LogP contribution in [-0.2, 0) is 13.5 Å². The molecule has 1 heterocycles. The number of hydrogen-bond acceptors (Lipinski definition) is 4. The number of nitrogens with zero attached hydrogens (tertiary/aromatic N) is 2. The van der Waals surface area contributed by atoms with E-state index in [-0.39, 0.29) is 0 Å². The average molecular weight is 325 g/mol. The van der Waals surface area contributed by atoms with Crippen LogP contribution in [0.25, 0.3) is 0 Å². The summed E-state index contributed by atoms with van der Waals surface area (Å²) in [6, 6.07) is 5.76. The summed E-state index contributed by atoms with van der Waals surface area (Å²) in [4.78, 5) is 0. The van der Waals surface area contributed by atoms with Crippen LogP contribution in [0.3, 0.4) is 0 Å². The van der Waals surface area contributed by atoms with E-state index < -0.39 is 0 Å². The van der Waals surface area contributed by atoms with E-state index in [1.54, 1.807) is 11.8 Å². The normalized spacial score (nSPS) is 10.5. The number of nitrogen functional groups attached to an aromatic ring is 1. The minimum absolute atomic E-state index is 0.692. The highest BCUT2D eigenvalue weighted by molar-refractivity contribution is 9.10. The predicted octanol–water partition coefficient (Wildman–Crippen LogP) is 3.08. The third kappa shape index (κ3) is 2.68. The Bertz CT molecular complexity index is 595. The second-order valence-electron chi connectivity index (χ2n) is 4.16. The Morgan fingerprint density at radius 2 is 2.21 bits per heavy atom. The Kier molecular flexibility index (Phi) is 3.99. The Balaban J connectivity index is 2.31. The second-order valence-corrected chi connectivity index (χ2v) is 5.01. The maximum atomic E-state index is 6.07. The molecule has 0 aliphatic rings. The number of anilines is 3. The zero-order chi connectivity index (χ0) is 14.0. The summed E-state index contributed by atoms with van der Waals surface area (Å²) in [6.45, 7) is 2.03. The molecule has 6 heteroatoms. The van der Waals surface area contributed by atoms with Crippen LogP contribution >= 0.6 is 15.9 Å². The van der Waals surface area contributed by atoms with Crippen LogP contribution in [0, 0.1) is 0 Å². The third-order valence-electron chi connectivity index (χ3n) is 2.91. The summed E-state index contributed by atoms with van der Waals surface area (Å²) in [6.07, 6.45) is 0.813. The summed E-state index contributed by atoms with van der Waals surface area (Å²) in [5.41, 5.74) is 8.59. The molecule has 0 atom stereocenters. The molecule has 0 fully saturated rings. The Morgan fingerprint density at radius 3 is 2.74 bits per heavy atom. The zero-order valence-electron chi connectivity index (χ0n) is 11.2. The van der Waals surface area contributed by atoms with Crippen molar-refractivity contribution >= 4 is 33.1 Å². The fourth-order valence-corrected chi connectivity index (χ4v) is 2.43. The highest BCUT2D eigenvalue weighted by atomic mass is 79.9. The van der Waals surface area contributed by atoms with Crippen molar-refractivity contribution < 1.29 is 4.74 Å². The van der Waals surface area contributed by atoms with Gasteiger partial charge in [-0.25, -0.2) is 0 Å². The number of benzene rings is 1. The van der Waals surface area contributed by atoms with Crippen molar-refractivity contribution in [3.8, 4) is 5.75 Å². The lowest BCUT2D eigenvalue weighted by atomic mass is 10.2. The summed E-state index contributed by atoms with van der Waals surface area (Å²) < 4.78 is 7.84. The van der Waals surface area contributed by atoms with Crippen LogP contribution in [0.15, 0.2) is 22.7 Å². The number of nitrogens with one attached hydrogen (secondary N) is 1. The SMILES string of the molecule is CCc1nn(C)c(Nc2ccc(OC)c(Br)c2)c1N. The molecule has 0 amide bonds. The van der Waals surface area contributed by atoms with Gasteiger partial charge in [0.25, 0.3) is 0 Å². The molecule has 0 saturated heterocycles. The van der Waals surface area contributed by atoms with Crippen LogP contribution in [0.4, 0.5) is 17.2 Å². The first-order valence-electron chi connectivity index (χ1n) is 5.98. The van der Waals surface area contributed by atoms with Gasteiger partial charge in [0.1, 0.15) is 5.75 Å². The molecule has 0 aliphatic heterocycles. The Morgan fingerprint density at radius 1 is 1.47 bits per heavy atom. The number of methoxy groups -OCH3 is 1. The molecular weight excluding hydrogens is 308 g/mol. The minimum Gasteiger partial charge on any atom is -0.496 e. The van der Waals surface area contributed by atoms with Gasteiger partial charge in [-0.3, -0.25) is 4.68 Å². The quantitative estimate of drug-likeness (QED) is 0.907. The molecule has 0 spiro atoms. The summed E-state index contributed by atoms with van der Waals surface area (Å²) >= 11 is 3.46. The molecule has 0 unspecified atom stereocenters. The number of nitrogens with two attached hydrogens (primary N) is 1. The van der Waals surface area contributed by atoms with Gasteiger partial charge in [0, 0.05) is 12.7 Å². The third-order valence-corrected chi connectivity index (χ3v) is 3.53. The maximum Gasteiger partial charge on any atom is 0.152 e. The van der Waals surface area contributed by atoms with Crippen LogP contribution in [0.5, 0.6) is 5.75 Å². The van der Waals surface area contributed by atoms with Crippen molar-refractivity contribution in [2.45, 2.75) is 13.3 Å². The summed E-state index contributed by atoms with van der Waals surface area (Å²) in [7, 11) is 3.51. The smallest absolute Gasteiger partial charge is 0.152 e. The maximum absolute atomic E-state index is 6.07. The lowest BCUT2D eigenvalue weighted by Gasteiger charge is -2.10. The minimum atomic E-state index is 0.692. The standard InChI is InChI=1S/C13H17BrN4O/c1-4-10-12(15)13(18(2)17-10)16-8-5-6-11(19-3)9(14)7-8/h5-7,16H,4,15H2,1-3H3. The highest BCUT2D eigenvalue weighted by Gasteiger charge is 2.12. The lowest BCUT2D eigenvalue weighted by Crippen LogP contribution is -2.01. The first kappa shape index (κ1) is 13.7. The molecule has 0 saturated carbocycles. The molecule has 102 valence electrons. The van der Waals surface area contributed by atoms with Crippen molar-refractivity contribution in [1.29, 1.82) is 0 Å². The molecule has 2 rings (SSSR count). The van der Waals surface area contributed by atoms with E-state index in [0.717, 1.165) is 33.8 Å². The molecule has 19 heavy (non-hydrogen) atoms. The predicted molar refractivity (Wildman–Crippen MR) is 81.0 cm³/mol. The number of halogens is 1. The van der Waals surface area contributed by atoms with E-state index in [4.69, 9.17) is 10.5 Å². The molecular formula is C13H17BrN4O. The van der Waals surface area contributed by atoms with Gasteiger partial charge in [0.2, 0.25) is 0 Å². The Hall–Kier alpha value is -1.69. The zero-order valence-corrected chi connectivity index (χ0v) is 12.8. The van der Waals surface area contributed by atoms with Crippen molar-refractivity contribution in [3.05, 3.63) is 28.4 Å². The van der Waals surface area contributed by atoms with Gasteiger partial charge in [0.15, 0.2) is 5.82 Å². The molecule has 3 N–H and O–H groups in total. The number of ether oxygens (including phenoxy) is 1. The monoisotopic (exact) mass is 324 g/mol. The molecule has 0 radical (unpaired) electrons. The second kappa shape index (κ2) is 5.52. The van der Waals surface area contributed by atoms with E-state index in [0.29, 0.717) is 5.69 Å². The Labute approximate surface area is 120 Å². The van der Waals surface area contributed by atoms with E-state index in [9.17, 15) is 0 Å². The molecule has 2 aromatic rings. The summed E-state index contributed by atoms with van der Waals surface area (Å²) in [5.74, 6) is 1.59. The number of hydrogen-bond donors (Lipinski definition) is 2. The van der Waals surface area contributed by atoms with Gasteiger partial charge in [0.05, 0.1) is 23.0 Å². The van der Waals surface area contributed by atoms with Gasteiger partial charge in [-0.05, 0) is 40.5 Å². The van der Waals surface area contributed by atoms with Crippen molar-refractivity contribution in [1.82, 2.24) is 9.78 Å². The average Bonchev–Trinajstić information content (AvgIpc) is 2.66. The number of aryl methyl sites for hydroxylation is 2. The largest absolute Gasteiger partial charge is 0.496 e. The van der Waals surface area contributed by atoms with Gasteiger partial charge in [-0.15, -0.1) is 0 Å². The van der Waals surface area contributed by atoms with Crippen LogP contribution in [-0.4, -0.2) is 16.9 Å². The van der Waals surface area contributed by atoms with Crippen molar-refractivity contribution in [3.63, 3.8) is 0 Å². The fourth-order valence-electron chi connectivity index (χ4n) is 1.89. The van der Waals surface area contributed by atoms with E-state index in [1.165, 1.54) is 0 Å². The number of rotatable bonds is 4. The van der Waals surface area contributed by atoms with Gasteiger partial charge in [-0.1, -0.05) is 6.92 Å². The van der Waals surface area contributed by atoms with Crippen molar-refractivity contribution in [2.24, 2.45) is 7.05 Å². The molecule has 1 aromatic heterocycles. The fraction of sp³-hybridized carbons (Fsp3) is 0.308. The first-order valence-corrected chi connectivity index (χ1v) is 6.78. The van der Waals surface area contributed by atoms with Crippen LogP contribution in [0.1, 0.15) is 12.6 Å². The van der Waals surface area contributed by atoms with Crippen molar-refractivity contribution in [2.75, 3.05) is 18.2 Å². The van der Waals surface area contributed by atoms with Gasteiger partial charge < -0.3 is 15.8 Å². The molecule has 0 aliphatic carbocycles. The molecule has 0 bridgehead atoms. The topological polar surface area (TPSA) is 65.1 Å². The van der Waals surface area contributed by atoms with E-state index >= 15 is 0 Å². The van der Waals surface area contributed by atoms with Crippen LogP contribution < -0.4 is 15.8 Å². The molecule has 5 nitrogen and oxygen atoms in total. The highest BCUT2D eigenvalue weighted by Crippen LogP contribution is 2.31. The van der Waals surface area contributed by atoms with Gasteiger partial charge in [-0.2, -0.15) is 5.10 Å². The lowest BCUT2D eigenvalue weighted by molar-refractivity contribution is 0.412. The summed E-state index contributed by atoms with van der Waals surface area (Å²) in [5, 5.41) is 7.65. The van der Waals surface area contributed by atoms with Crippen LogP contribution in [0.2, 0.25) is 0 Å². The first-order chi connectivity index (χ1) is 9.06. The van der Waals surface area contributed by atoms with E-state index in [1.807, 2.05) is 32.2 Å². The van der Waals surface area contributed by atoms with Gasteiger partial charge >= 0.3 is 0 Å². The molecule has 1 aromatic carbocycles.